The summed E-state index contributed by atoms with van der Waals surface area (Å²) in [4.78, 5) is 2.69. The third-order valence-corrected chi connectivity index (χ3v) is 4.77. The molecular formula is C17H26N2. The van der Waals surface area contributed by atoms with E-state index >= 15 is 0 Å². The smallest absolute Gasteiger partial charge is 0.00218 e. The molecule has 2 nitrogen and oxygen atoms in total. The maximum absolute atomic E-state index is 3.53. The lowest BCUT2D eigenvalue weighted by atomic mass is 9.88. The van der Waals surface area contributed by atoms with Crippen LogP contribution in [0.2, 0.25) is 0 Å². The Morgan fingerprint density at radius 3 is 2.53 bits per heavy atom. The second-order valence-electron chi connectivity index (χ2n) is 6.20. The van der Waals surface area contributed by atoms with E-state index in [1.807, 2.05) is 0 Å². The Bertz CT molecular complexity index is 362. The van der Waals surface area contributed by atoms with Gasteiger partial charge in [-0.3, -0.25) is 0 Å². The Morgan fingerprint density at radius 2 is 1.84 bits per heavy atom. The fraction of sp³-hybridized carbons (Fsp3) is 0.647. The van der Waals surface area contributed by atoms with E-state index in [2.05, 4.69) is 40.5 Å². The van der Waals surface area contributed by atoms with Crippen molar-refractivity contribution in [2.24, 2.45) is 5.92 Å². The monoisotopic (exact) mass is 258 g/mol. The summed E-state index contributed by atoms with van der Waals surface area (Å²) < 4.78 is 0. The molecule has 2 aliphatic heterocycles. The standard InChI is InChI=1S/C17H26N2/c1-2-6-16(7-3-1)17-8-11-19(12-9-17)14-15-5-4-10-18-13-15/h1-3,6-7,15,17-18H,4-5,8-14H2. The number of piperidine rings is 2. The van der Waals surface area contributed by atoms with Gasteiger partial charge in [-0.15, -0.1) is 0 Å². The van der Waals surface area contributed by atoms with Crippen molar-refractivity contribution in [3.05, 3.63) is 35.9 Å². The average molecular weight is 258 g/mol. The van der Waals surface area contributed by atoms with Crippen molar-refractivity contribution in [2.45, 2.75) is 31.6 Å². The van der Waals surface area contributed by atoms with Gasteiger partial charge >= 0.3 is 0 Å². The zero-order valence-electron chi connectivity index (χ0n) is 11.9. The molecule has 1 N–H and O–H groups in total. The highest BCUT2D eigenvalue weighted by molar-refractivity contribution is 5.20. The van der Waals surface area contributed by atoms with Crippen molar-refractivity contribution in [1.82, 2.24) is 10.2 Å². The van der Waals surface area contributed by atoms with E-state index in [4.69, 9.17) is 0 Å². The first-order valence-electron chi connectivity index (χ1n) is 7.90. The highest BCUT2D eigenvalue weighted by Gasteiger charge is 2.23. The lowest BCUT2D eigenvalue weighted by Gasteiger charge is -2.35. The van der Waals surface area contributed by atoms with E-state index in [0.717, 1.165) is 11.8 Å². The maximum atomic E-state index is 3.53. The van der Waals surface area contributed by atoms with E-state index < -0.39 is 0 Å². The van der Waals surface area contributed by atoms with Crippen molar-refractivity contribution < 1.29 is 0 Å². The van der Waals surface area contributed by atoms with Gasteiger partial charge in [0.25, 0.3) is 0 Å². The summed E-state index contributed by atoms with van der Waals surface area (Å²) in [5.74, 6) is 1.68. The number of hydrogen-bond acceptors (Lipinski definition) is 2. The van der Waals surface area contributed by atoms with Gasteiger partial charge in [0.05, 0.1) is 0 Å². The lowest BCUT2D eigenvalue weighted by Crippen LogP contribution is -2.41. The molecule has 2 aliphatic rings. The van der Waals surface area contributed by atoms with Crippen LogP contribution in [0.4, 0.5) is 0 Å². The SMILES string of the molecule is c1ccc(C2CCN(CC3CCCNC3)CC2)cc1. The molecule has 1 atom stereocenters. The lowest BCUT2D eigenvalue weighted by molar-refractivity contribution is 0.169. The first-order chi connectivity index (χ1) is 9.42. The number of rotatable bonds is 3. The molecule has 2 fully saturated rings. The topological polar surface area (TPSA) is 15.3 Å². The Balaban J connectivity index is 1.46. The van der Waals surface area contributed by atoms with Gasteiger partial charge < -0.3 is 10.2 Å². The van der Waals surface area contributed by atoms with E-state index in [1.165, 1.54) is 58.4 Å². The van der Waals surface area contributed by atoms with Gasteiger partial charge in [-0.2, -0.15) is 0 Å². The second kappa shape index (κ2) is 6.53. The molecule has 2 heteroatoms. The van der Waals surface area contributed by atoms with Crippen LogP contribution < -0.4 is 5.32 Å². The van der Waals surface area contributed by atoms with Crippen molar-refractivity contribution in [3.8, 4) is 0 Å². The molecule has 2 heterocycles. The van der Waals surface area contributed by atoms with Crippen LogP contribution in [-0.4, -0.2) is 37.6 Å². The van der Waals surface area contributed by atoms with Crippen LogP contribution in [0.15, 0.2) is 30.3 Å². The Morgan fingerprint density at radius 1 is 1.05 bits per heavy atom. The van der Waals surface area contributed by atoms with Crippen LogP contribution in [0.25, 0.3) is 0 Å². The largest absolute Gasteiger partial charge is 0.316 e. The minimum Gasteiger partial charge on any atom is -0.316 e. The van der Waals surface area contributed by atoms with E-state index in [9.17, 15) is 0 Å². The first kappa shape index (κ1) is 13.1. The molecule has 104 valence electrons. The number of hydrogen-bond donors (Lipinski definition) is 1. The van der Waals surface area contributed by atoms with Crippen LogP contribution in [0, 0.1) is 5.92 Å². The highest BCUT2D eigenvalue weighted by Crippen LogP contribution is 2.28. The molecule has 3 rings (SSSR count). The fourth-order valence-corrected chi connectivity index (χ4v) is 3.62. The second-order valence-corrected chi connectivity index (χ2v) is 6.20. The van der Waals surface area contributed by atoms with Crippen molar-refractivity contribution in [2.75, 3.05) is 32.7 Å². The number of nitrogens with one attached hydrogen (secondary N) is 1. The third kappa shape index (κ3) is 3.58. The van der Waals surface area contributed by atoms with Crippen LogP contribution in [0.3, 0.4) is 0 Å². The quantitative estimate of drug-likeness (QED) is 0.897. The fourth-order valence-electron chi connectivity index (χ4n) is 3.62. The minimum absolute atomic E-state index is 0.793. The zero-order chi connectivity index (χ0) is 12.9. The number of benzene rings is 1. The molecule has 0 saturated carbocycles. The molecule has 0 bridgehead atoms. The zero-order valence-corrected chi connectivity index (χ0v) is 11.9. The minimum atomic E-state index is 0.793. The molecule has 1 aromatic carbocycles. The van der Waals surface area contributed by atoms with Gasteiger partial charge in [-0.1, -0.05) is 30.3 Å². The normalized spacial score (nSPS) is 26.4. The summed E-state index contributed by atoms with van der Waals surface area (Å²) in [5.41, 5.74) is 1.54. The van der Waals surface area contributed by atoms with Crippen LogP contribution in [0.1, 0.15) is 37.2 Å². The summed E-state index contributed by atoms with van der Waals surface area (Å²) in [7, 11) is 0. The summed E-state index contributed by atoms with van der Waals surface area (Å²) in [6, 6.07) is 11.1. The molecule has 19 heavy (non-hydrogen) atoms. The number of nitrogens with zero attached hydrogens (tertiary/aromatic N) is 1. The van der Waals surface area contributed by atoms with Crippen molar-refractivity contribution in [1.29, 1.82) is 0 Å². The van der Waals surface area contributed by atoms with E-state index in [0.29, 0.717) is 0 Å². The van der Waals surface area contributed by atoms with Gasteiger partial charge in [-0.25, -0.2) is 0 Å². The van der Waals surface area contributed by atoms with E-state index in [-0.39, 0.29) is 0 Å². The van der Waals surface area contributed by atoms with Gasteiger partial charge in [0, 0.05) is 6.54 Å². The molecule has 0 aromatic heterocycles. The van der Waals surface area contributed by atoms with E-state index in [1.54, 1.807) is 5.56 Å². The van der Waals surface area contributed by atoms with Crippen LogP contribution in [-0.2, 0) is 0 Å². The molecule has 0 amide bonds. The number of likely N-dealkylation sites (tertiary alicyclic amines) is 1. The van der Waals surface area contributed by atoms with Gasteiger partial charge in [-0.05, 0) is 69.3 Å². The summed E-state index contributed by atoms with van der Waals surface area (Å²) in [6.07, 6.45) is 5.46. The molecular weight excluding hydrogens is 232 g/mol. The van der Waals surface area contributed by atoms with Crippen molar-refractivity contribution >= 4 is 0 Å². The third-order valence-electron chi connectivity index (χ3n) is 4.77. The maximum Gasteiger partial charge on any atom is 0.00218 e. The molecule has 0 aliphatic carbocycles. The molecule has 1 aromatic rings. The summed E-state index contributed by atoms with van der Waals surface area (Å²) in [6.45, 7) is 6.35. The van der Waals surface area contributed by atoms with Crippen molar-refractivity contribution in [3.63, 3.8) is 0 Å². The van der Waals surface area contributed by atoms with Crippen LogP contribution in [0.5, 0.6) is 0 Å². The molecule has 0 radical (unpaired) electrons. The highest BCUT2D eigenvalue weighted by atomic mass is 15.1. The predicted molar refractivity (Wildman–Crippen MR) is 80.5 cm³/mol. The summed E-state index contributed by atoms with van der Waals surface area (Å²) in [5, 5.41) is 3.53. The van der Waals surface area contributed by atoms with Gasteiger partial charge in [0.15, 0.2) is 0 Å². The predicted octanol–water partition coefficient (Wildman–Crippen LogP) is 2.87. The van der Waals surface area contributed by atoms with Crippen LogP contribution >= 0.6 is 0 Å². The van der Waals surface area contributed by atoms with Gasteiger partial charge in [0.1, 0.15) is 0 Å². The molecule has 0 spiro atoms. The molecule has 2 saturated heterocycles. The Kier molecular flexibility index (Phi) is 4.52. The van der Waals surface area contributed by atoms with Gasteiger partial charge in [0.2, 0.25) is 0 Å². The Labute approximate surface area is 117 Å². The summed E-state index contributed by atoms with van der Waals surface area (Å²) >= 11 is 0. The average Bonchev–Trinajstić information content (AvgIpc) is 2.50. The molecule has 1 unspecified atom stereocenters. The first-order valence-corrected chi connectivity index (χ1v) is 7.90. The Hall–Kier alpha value is -0.860.